The van der Waals surface area contributed by atoms with Crippen molar-refractivity contribution in [1.29, 1.82) is 0 Å². The number of likely N-dealkylation sites (tertiary alicyclic amines) is 1. The summed E-state index contributed by atoms with van der Waals surface area (Å²) < 4.78 is 7.10. The number of nitrogens with zero attached hydrogens (tertiary/aromatic N) is 4. The molecule has 0 bridgehead atoms. The van der Waals surface area contributed by atoms with Gasteiger partial charge in [0.1, 0.15) is 5.15 Å². The molecule has 3 rings (SSSR count). The number of halogens is 1. The molecule has 2 aliphatic rings. The third-order valence-corrected chi connectivity index (χ3v) is 5.36. The minimum Gasteiger partial charge on any atom is -0.390 e. The van der Waals surface area contributed by atoms with Gasteiger partial charge in [-0.3, -0.25) is 14.5 Å². The highest BCUT2D eigenvalue weighted by Crippen LogP contribution is 2.37. The van der Waals surface area contributed by atoms with Crippen molar-refractivity contribution in [3.05, 3.63) is 16.4 Å². The Balaban J connectivity index is 1.62. The predicted octanol–water partition coefficient (Wildman–Crippen LogP) is 1.21. The summed E-state index contributed by atoms with van der Waals surface area (Å²) in [5.41, 5.74) is 2.13. The smallest absolute Gasteiger partial charge is 0.131 e. The van der Waals surface area contributed by atoms with Gasteiger partial charge in [-0.1, -0.05) is 11.6 Å². The lowest BCUT2D eigenvalue weighted by molar-refractivity contribution is 0.00583. The lowest BCUT2D eigenvalue weighted by atomic mass is 10.1. The van der Waals surface area contributed by atoms with Crippen LogP contribution in [0.2, 0.25) is 5.15 Å². The van der Waals surface area contributed by atoms with Gasteiger partial charge in [-0.25, -0.2) is 0 Å². The van der Waals surface area contributed by atoms with Crippen LogP contribution in [-0.2, 0) is 11.8 Å². The fourth-order valence-electron chi connectivity index (χ4n) is 3.81. The molecule has 2 atom stereocenters. The number of morpholine rings is 1. The molecule has 6 nitrogen and oxygen atoms in total. The van der Waals surface area contributed by atoms with Gasteiger partial charge in [0.15, 0.2) is 0 Å². The third kappa shape index (κ3) is 3.88. The van der Waals surface area contributed by atoms with Gasteiger partial charge in [0.2, 0.25) is 0 Å². The van der Waals surface area contributed by atoms with Crippen LogP contribution in [0, 0.1) is 6.92 Å². The number of aliphatic hydroxyl groups excluding tert-OH is 1. The van der Waals surface area contributed by atoms with E-state index in [1.165, 1.54) is 0 Å². The van der Waals surface area contributed by atoms with Crippen molar-refractivity contribution < 1.29 is 9.84 Å². The average Bonchev–Trinajstić information content (AvgIpc) is 3.05. The van der Waals surface area contributed by atoms with E-state index in [1.54, 1.807) is 4.68 Å². The van der Waals surface area contributed by atoms with Crippen LogP contribution >= 0.6 is 11.6 Å². The zero-order valence-corrected chi connectivity index (χ0v) is 14.8. The second-order valence-electron chi connectivity index (χ2n) is 6.63. The fourth-order valence-corrected chi connectivity index (χ4v) is 4.11. The molecule has 2 saturated heterocycles. The predicted molar refractivity (Wildman–Crippen MR) is 89.8 cm³/mol. The highest BCUT2D eigenvalue weighted by atomic mass is 35.5. The topological polar surface area (TPSA) is 53.8 Å². The molecule has 3 heterocycles. The molecule has 1 aromatic rings. The van der Waals surface area contributed by atoms with E-state index in [1.807, 2.05) is 14.0 Å². The molecule has 0 radical (unpaired) electrons. The van der Waals surface area contributed by atoms with E-state index in [4.69, 9.17) is 16.3 Å². The number of aryl methyl sites for hydroxylation is 2. The summed E-state index contributed by atoms with van der Waals surface area (Å²) in [6.45, 7) is 7.78. The summed E-state index contributed by atoms with van der Waals surface area (Å²) in [6, 6.07) is 0.274. The SMILES string of the molecule is Cc1nn(C)c(Cl)c1[C@H]1CCCN1C[C@@H](O)CN1CCOCC1. The molecule has 1 N–H and O–H groups in total. The lowest BCUT2D eigenvalue weighted by Crippen LogP contribution is -2.44. The molecule has 2 fully saturated rings. The van der Waals surface area contributed by atoms with E-state index in [9.17, 15) is 5.11 Å². The Morgan fingerprint density at radius 2 is 2.04 bits per heavy atom. The van der Waals surface area contributed by atoms with Crippen LogP contribution in [0.15, 0.2) is 0 Å². The van der Waals surface area contributed by atoms with Crippen molar-refractivity contribution in [3.63, 3.8) is 0 Å². The minimum atomic E-state index is -0.343. The molecule has 0 aromatic carbocycles. The zero-order valence-electron chi connectivity index (χ0n) is 14.0. The highest BCUT2D eigenvalue weighted by molar-refractivity contribution is 6.30. The number of hydrogen-bond donors (Lipinski definition) is 1. The largest absolute Gasteiger partial charge is 0.390 e. The first-order valence-electron chi connectivity index (χ1n) is 8.47. The molecule has 1 aromatic heterocycles. The van der Waals surface area contributed by atoms with E-state index in [-0.39, 0.29) is 12.1 Å². The van der Waals surface area contributed by atoms with Gasteiger partial charge in [0.25, 0.3) is 0 Å². The first kappa shape index (κ1) is 17.2. The molecule has 0 aliphatic carbocycles. The lowest BCUT2D eigenvalue weighted by Gasteiger charge is -2.31. The van der Waals surface area contributed by atoms with E-state index in [2.05, 4.69) is 14.9 Å². The number of hydrogen-bond acceptors (Lipinski definition) is 5. The third-order valence-electron chi connectivity index (χ3n) is 4.91. The van der Waals surface area contributed by atoms with Crippen molar-refractivity contribution >= 4 is 11.6 Å². The molecule has 0 unspecified atom stereocenters. The van der Waals surface area contributed by atoms with Gasteiger partial charge in [0, 0.05) is 44.8 Å². The van der Waals surface area contributed by atoms with Crippen LogP contribution in [0.5, 0.6) is 0 Å². The van der Waals surface area contributed by atoms with Crippen LogP contribution in [0.1, 0.15) is 30.1 Å². The first-order valence-corrected chi connectivity index (χ1v) is 8.85. The number of aromatic nitrogens is 2. The standard InChI is InChI=1S/C16H27ClN4O2/c1-12-15(16(17)19(2)18-12)14-4-3-5-21(14)11-13(22)10-20-6-8-23-9-7-20/h13-14,22H,3-11H2,1-2H3/t13-,14+/m0/s1. The maximum atomic E-state index is 10.5. The van der Waals surface area contributed by atoms with Gasteiger partial charge in [-0.2, -0.15) is 5.10 Å². The Morgan fingerprint density at radius 3 is 2.70 bits per heavy atom. The molecule has 7 heteroatoms. The van der Waals surface area contributed by atoms with E-state index in [0.29, 0.717) is 13.1 Å². The van der Waals surface area contributed by atoms with Gasteiger partial charge in [-0.05, 0) is 26.3 Å². The van der Waals surface area contributed by atoms with Crippen LogP contribution in [0.3, 0.4) is 0 Å². The van der Waals surface area contributed by atoms with E-state index >= 15 is 0 Å². The second kappa shape index (κ2) is 7.49. The zero-order chi connectivity index (χ0) is 16.4. The Bertz CT molecular complexity index is 530. The quantitative estimate of drug-likeness (QED) is 0.871. The van der Waals surface area contributed by atoms with E-state index < -0.39 is 0 Å². The van der Waals surface area contributed by atoms with Crippen molar-refractivity contribution in [2.75, 3.05) is 45.9 Å². The van der Waals surface area contributed by atoms with Gasteiger partial charge in [0.05, 0.1) is 25.0 Å². The first-order chi connectivity index (χ1) is 11.1. The average molecular weight is 343 g/mol. The molecular formula is C16H27ClN4O2. The molecule has 130 valence electrons. The van der Waals surface area contributed by atoms with Crippen molar-refractivity contribution in [3.8, 4) is 0 Å². The summed E-state index contributed by atoms with van der Waals surface area (Å²) >= 11 is 6.44. The molecular weight excluding hydrogens is 316 g/mol. The van der Waals surface area contributed by atoms with Gasteiger partial charge < -0.3 is 9.84 Å². The number of rotatable bonds is 5. The fraction of sp³-hybridized carbons (Fsp3) is 0.812. The molecule has 0 amide bonds. The van der Waals surface area contributed by atoms with E-state index in [0.717, 1.165) is 62.1 Å². The maximum absolute atomic E-state index is 10.5. The van der Waals surface area contributed by atoms with Crippen molar-refractivity contribution in [1.82, 2.24) is 19.6 Å². The Labute approximate surface area is 143 Å². The number of β-amino-alcohol motifs (C(OH)–C–C–N with tert-alkyl or cyclic N) is 1. The molecule has 23 heavy (non-hydrogen) atoms. The van der Waals surface area contributed by atoms with Crippen molar-refractivity contribution in [2.24, 2.45) is 7.05 Å². The number of ether oxygens (including phenoxy) is 1. The number of aliphatic hydroxyl groups is 1. The highest BCUT2D eigenvalue weighted by Gasteiger charge is 2.32. The van der Waals surface area contributed by atoms with Crippen LogP contribution in [0.25, 0.3) is 0 Å². The van der Waals surface area contributed by atoms with Gasteiger partial charge >= 0.3 is 0 Å². The Hall–Kier alpha value is -0.660. The summed E-state index contributed by atoms with van der Waals surface area (Å²) in [5.74, 6) is 0. The van der Waals surface area contributed by atoms with Crippen LogP contribution in [-0.4, -0.2) is 76.7 Å². The molecule has 2 aliphatic heterocycles. The molecule has 0 spiro atoms. The Kier molecular flexibility index (Phi) is 5.59. The normalized spacial score (nSPS) is 25.1. The second-order valence-corrected chi connectivity index (χ2v) is 6.99. The van der Waals surface area contributed by atoms with Crippen LogP contribution in [0.4, 0.5) is 0 Å². The monoisotopic (exact) mass is 342 g/mol. The van der Waals surface area contributed by atoms with Crippen LogP contribution < -0.4 is 0 Å². The summed E-state index contributed by atoms with van der Waals surface area (Å²) in [7, 11) is 1.88. The Morgan fingerprint density at radius 1 is 1.30 bits per heavy atom. The maximum Gasteiger partial charge on any atom is 0.131 e. The molecule has 0 saturated carbocycles. The summed E-state index contributed by atoms with van der Waals surface area (Å²) in [4.78, 5) is 4.64. The summed E-state index contributed by atoms with van der Waals surface area (Å²) in [5, 5.41) is 15.7. The van der Waals surface area contributed by atoms with Gasteiger partial charge in [-0.15, -0.1) is 0 Å². The van der Waals surface area contributed by atoms with Crippen molar-refractivity contribution in [2.45, 2.75) is 31.9 Å². The minimum absolute atomic E-state index is 0.274. The summed E-state index contributed by atoms with van der Waals surface area (Å²) in [6.07, 6.45) is 1.88.